The molecule has 0 spiro atoms. The first-order valence-electron chi connectivity index (χ1n) is 18.2. The summed E-state index contributed by atoms with van der Waals surface area (Å²) in [6.07, 6.45) is 6.91. The fraction of sp³-hybridized carbons (Fsp3) is 0.700. The van der Waals surface area contributed by atoms with Crippen LogP contribution < -0.4 is 72.0 Å². The molecular weight excluding hydrogens is 704 g/mol. The molecule has 0 aliphatic rings. The summed E-state index contributed by atoms with van der Waals surface area (Å²) in [5, 5.41) is 0. The second-order valence-corrected chi connectivity index (χ2v) is 16.6. The van der Waals surface area contributed by atoms with E-state index in [9.17, 15) is 9.59 Å². The maximum atomic E-state index is 12.1. The summed E-state index contributed by atoms with van der Waals surface area (Å²) in [6.45, 7) is 37.5. The van der Waals surface area contributed by atoms with Gasteiger partial charge in [0.05, 0.1) is 20.4 Å². The third kappa shape index (κ3) is 18.3. The Labute approximate surface area is 365 Å². The maximum absolute atomic E-state index is 12.1. The molecule has 2 rings (SSSR count). The van der Waals surface area contributed by atoms with Gasteiger partial charge in [-0.05, 0) is 101 Å². The molecule has 0 aromatic heterocycles. The molecule has 2 aromatic rings. The summed E-state index contributed by atoms with van der Waals surface area (Å²) in [6, 6.07) is 1.80. The number of rotatable bonds is 19. The van der Waals surface area contributed by atoms with Crippen molar-refractivity contribution >= 4 is 52.9 Å². The van der Waals surface area contributed by atoms with Gasteiger partial charge in [0.25, 0.3) is 0 Å². The molecule has 0 aliphatic heterocycles. The van der Waals surface area contributed by atoms with Gasteiger partial charge in [-0.15, -0.1) is 6.54 Å². The zero-order valence-electron chi connectivity index (χ0n) is 34.2. The minimum absolute atomic E-state index is 0. The number of hydrogen-bond donors (Lipinski definition) is 0. The summed E-state index contributed by atoms with van der Waals surface area (Å²) >= 11 is 15.1. The van der Waals surface area contributed by atoms with E-state index < -0.39 is 0 Å². The predicted octanol–water partition coefficient (Wildman–Crippen LogP) is 6.29. The molecule has 6 nitrogen and oxygen atoms in total. The Morgan fingerprint density at radius 1 is 0.780 bits per heavy atom. The Morgan fingerprint density at radius 3 is 1.60 bits per heavy atom. The largest absolute Gasteiger partial charge is 1.00 e. The molecule has 0 atom stereocenters. The van der Waals surface area contributed by atoms with Crippen LogP contribution in [0.2, 0.25) is 0 Å². The van der Waals surface area contributed by atoms with Crippen LogP contribution in [-0.4, -0.2) is 81.1 Å². The van der Waals surface area contributed by atoms with E-state index in [0.29, 0.717) is 9.02 Å². The summed E-state index contributed by atoms with van der Waals surface area (Å²) < 4.78 is 0.998. The Hall–Kier alpha value is -0.0136. The van der Waals surface area contributed by atoms with Crippen molar-refractivity contribution < 1.29 is 51.4 Å². The van der Waals surface area contributed by atoms with Crippen LogP contribution in [0, 0.1) is 21.4 Å². The van der Waals surface area contributed by atoms with Gasteiger partial charge in [-0.3, -0.25) is 9.59 Å². The zero-order valence-corrected chi connectivity index (χ0v) is 39.8. The third-order valence-corrected chi connectivity index (χ3v) is 9.70. The van der Waals surface area contributed by atoms with Gasteiger partial charge in [0.1, 0.15) is 0 Å². The van der Waals surface area contributed by atoms with Crippen molar-refractivity contribution in [2.75, 3.05) is 76.3 Å². The van der Waals surface area contributed by atoms with Crippen molar-refractivity contribution in [2.45, 2.75) is 113 Å². The molecule has 0 heterocycles. The van der Waals surface area contributed by atoms with Crippen molar-refractivity contribution in [2.24, 2.45) is 5.41 Å². The molecule has 0 unspecified atom stereocenters. The zero-order chi connectivity index (χ0) is 38.1. The van der Waals surface area contributed by atoms with Crippen molar-refractivity contribution in [3.05, 3.63) is 60.2 Å². The van der Waals surface area contributed by atoms with Gasteiger partial charge in [0, 0.05) is 37.6 Å². The van der Waals surface area contributed by atoms with E-state index in [1.54, 1.807) is 6.07 Å². The molecule has 10 heteroatoms. The Kier molecular flexibility index (Phi) is 27.0. The first-order valence-corrected chi connectivity index (χ1v) is 19.4. The van der Waals surface area contributed by atoms with Crippen LogP contribution in [0.4, 0.5) is 11.4 Å². The molecular formula is C40H69KN4O2S3. The molecule has 0 N–H and O–H groups in total. The number of anilines is 2. The van der Waals surface area contributed by atoms with Gasteiger partial charge in [-0.2, -0.15) is 0 Å². The van der Waals surface area contributed by atoms with Crippen LogP contribution in [0.1, 0.15) is 113 Å². The minimum atomic E-state index is -0.0552. The van der Waals surface area contributed by atoms with Gasteiger partial charge in [0.15, 0.2) is 0 Å². The van der Waals surface area contributed by atoms with Crippen LogP contribution in [0.15, 0.2) is 27.8 Å². The number of allylic oxidation sites excluding steroid dienone is 1. The second-order valence-electron chi connectivity index (χ2n) is 15.2. The third-order valence-electron chi connectivity index (χ3n) is 8.76. The van der Waals surface area contributed by atoms with E-state index in [-0.39, 0.29) is 73.1 Å². The minimum Gasteiger partial charge on any atom is -0.371 e. The van der Waals surface area contributed by atoms with E-state index in [2.05, 4.69) is 90.5 Å². The van der Waals surface area contributed by atoms with Crippen molar-refractivity contribution in [1.82, 2.24) is 9.80 Å². The topological polar surface area (TPSA) is 47.1 Å². The average Bonchev–Trinajstić information content (AvgIpc) is 3.03. The molecule has 2 aromatic carbocycles. The van der Waals surface area contributed by atoms with Gasteiger partial charge >= 0.3 is 51.4 Å². The maximum Gasteiger partial charge on any atom is 1.00 e. The molecule has 0 aliphatic carbocycles. The smallest absolute Gasteiger partial charge is 0.371 e. The number of nitrogens with zero attached hydrogens (tertiary/aromatic N) is 4. The van der Waals surface area contributed by atoms with Crippen LogP contribution in [0.5, 0.6) is 0 Å². The Bertz CT molecular complexity index is 1430. The van der Waals surface area contributed by atoms with Crippen LogP contribution in [0.3, 0.4) is 0 Å². The van der Waals surface area contributed by atoms with Crippen molar-refractivity contribution in [1.29, 1.82) is 0 Å². The van der Waals surface area contributed by atoms with Crippen molar-refractivity contribution in [3.63, 3.8) is 0 Å². The molecule has 0 radical (unpaired) electrons. The Morgan fingerprint density at radius 2 is 1.24 bits per heavy atom. The van der Waals surface area contributed by atoms with Gasteiger partial charge in [-0.25, -0.2) is 0 Å². The molecule has 0 saturated heterocycles. The van der Waals surface area contributed by atoms with Crippen LogP contribution in [0.25, 0.3) is 0 Å². The second kappa shape index (κ2) is 25.9. The predicted molar refractivity (Wildman–Crippen MR) is 227 cm³/mol. The molecule has 50 heavy (non-hydrogen) atoms. The molecule has 0 bridgehead atoms. The van der Waals surface area contributed by atoms with Gasteiger partial charge in [0.2, 0.25) is 10.9 Å². The summed E-state index contributed by atoms with van der Waals surface area (Å²) in [5.41, 5.74) is 3.91. The van der Waals surface area contributed by atoms with E-state index >= 15 is 0 Å². The quantitative estimate of drug-likeness (QED) is 0.0539. The molecule has 0 amide bonds. The fourth-order valence-corrected chi connectivity index (χ4v) is 6.57. The van der Waals surface area contributed by atoms with Gasteiger partial charge in [-0.1, -0.05) is 106 Å². The van der Waals surface area contributed by atoms with E-state index in [1.165, 1.54) is 25.8 Å². The van der Waals surface area contributed by atoms with E-state index in [1.807, 2.05) is 25.9 Å². The van der Waals surface area contributed by atoms with Crippen LogP contribution in [-0.2, 0) is 5.41 Å². The fourth-order valence-electron chi connectivity index (χ4n) is 5.55. The normalized spacial score (nSPS) is 11.5. The first-order chi connectivity index (χ1) is 22.7. The van der Waals surface area contributed by atoms with Crippen LogP contribution >= 0.6 is 36.7 Å². The number of thiocarbonyl (C=S) groups is 1. The average molecular weight is 773 g/mol. The number of hydrogen-bond acceptors (Lipinski definition) is 9. The first kappa shape index (κ1) is 52.1. The SMILES string of the molecule is C=C(C(C)=S)C(C)(C)C.CCCN(CC)CCCCN(C)c1cc(=S)c1=O.[CH2-]CN(CCC)CCCCN(C)c1c(C(C)(C)C)c(=S)c1=O.[K+]. The molecule has 0 fully saturated rings. The summed E-state index contributed by atoms with van der Waals surface area (Å²) in [5.74, 6) is 0. The van der Waals surface area contributed by atoms with Crippen molar-refractivity contribution in [3.8, 4) is 0 Å². The monoisotopic (exact) mass is 772 g/mol. The Balaban J connectivity index is 0. The summed E-state index contributed by atoms with van der Waals surface area (Å²) in [7, 11) is 3.97. The van der Waals surface area contributed by atoms with Gasteiger partial charge < -0.3 is 26.5 Å². The van der Waals surface area contributed by atoms with E-state index in [4.69, 9.17) is 36.7 Å². The number of unbranched alkanes of at least 4 members (excludes halogenated alkanes) is 2. The standard InChI is InChI=1S/C18H31N2OS.C14H24N2OS.C8H14S.K/c1-7-11-20(8-2)13-10-9-12-19(6)15-14(18(3,4)5)17(22)16(15)21;1-4-8-16(5-2)10-7-6-9-15(3)12-11-13(18)14(12)17;1-6(7(2)9)8(3,4)5;/h2,7-13H2,1,3-6H3;11H,4-10H2,1-3H3;1H2,2-5H3;/q-1;;;+1. The summed E-state index contributed by atoms with van der Waals surface area (Å²) in [4.78, 5) is 33.4. The molecule has 0 saturated carbocycles. The van der Waals surface area contributed by atoms with E-state index in [0.717, 1.165) is 92.5 Å². The molecule has 280 valence electrons.